The van der Waals surface area contributed by atoms with Crippen LogP contribution in [0.4, 0.5) is 13.2 Å². The standard InChI is InChI=1S/C30H32F3N9O/c1-39(2)17-20-11-21(13-23(12-20)30(31,32)33)28(43)41-9-7-40(8-10-41)24-14-29(15-24,4-5-34)42-18-22(16-38-42)26-25-3-6-35-27(25)37-19-36-26/h3,6,11-13,16,18-19,24H,4,7-10,14-15,17H2,1-2H3,(H,35,36,37). The van der Waals surface area contributed by atoms with Crippen LogP contribution in [0.2, 0.25) is 0 Å². The lowest BCUT2D eigenvalue weighted by Crippen LogP contribution is -2.60. The highest BCUT2D eigenvalue weighted by Gasteiger charge is 2.49. The first-order valence-electron chi connectivity index (χ1n) is 14.2. The van der Waals surface area contributed by atoms with Crippen molar-refractivity contribution in [2.75, 3.05) is 40.3 Å². The number of halogens is 3. The van der Waals surface area contributed by atoms with Crippen molar-refractivity contribution >= 4 is 16.9 Å². The minimum atomic E-state index is -4.53. The summed E-state index contributed by atoms with van der Waals surface area (Å²) in [5, 5.41) is 15.2. The van der Waals surface area contributed by atoms with Crippen molar-refractivity contribution in [1.82, 2.24) is 39.4 Å². The number of aromatic amines is 1. The Morgan fingerprint density at radius 2 is 1.93 bits per heavy atom. The molecule has 2 fully saturated rings. The van der Waals surface area contributed by atoms with Gasteiger partial charge in [0.1, 0.15) is 12.0 Å². The van der Waals surface area contributed by atoms with Crippen molar-refractivity contribution in [2.45, 2.75) is 43.6 Å². The predicted octanol–water partition coefficient (Wildman–Crippen LogP) is 4.13. The molecular formula is C30H32F3N9O. The van der Waals surface area contributed by atoms with E-state index >= 15 is 0 Å². The molecule has 10 nitrogen and oxygen atoms in total. The van der Waals surface area contributed by atoms with Gasteiger partial charge in [-0.15, -0.1) is 0 Å². The summed E-state index contributed by atoms with van der Waals surface area (Å²) in [5.41, 5.74) is 1.63. The first-order valence-corrected chi connectivity index (χ1v) is 14.2. The Morgan fingerprint density at radius 3 is 2.63 bits per heavy atom. The van der Waals surface area contributed by atoms with E-state index in [9.17, 15) is 23.2 Å². The maximum Gasteiger partial charge on any atom is 0.416 e. The van der Waals surface area contributed by atoms with Gasteiger partial charge in [-0.2, -0.15) is 23.5 Å². The summed E-state index contributed by atoms with van der Waals surface area (Å²) in [6, 6.07) is 8.10. The van der Waals surface area contributed by atoms with Crippen LogP contribution in [0.15, 0.2) is 49.2 Å². The van der Waals surface area contributed by atoms with Crippen molar-refractivity contribution < 1.29 is 18.0 Å². The van der Waals surface area contributed by atoms with E-state index in [2.05, 4.69) is 31.0 Å². The lowest BCUT2D eigenvalue weighted by atomic mass is 9.70. The lowest BCUT2D eigenvalue weighted by Gasteiger charge is -2.52. The van der Waals surface area contributed by atoms with Crippen molar-refractivity contribution in [3.63, 3.8) is 0 Å². The molecule has 0 unspecified atom stereocenters. The number of carbonyl (C=O) groups excluding carboxylic acids is 1. The fraction of sp³-hybridized carbons (Fsp3) is 0.433. The number of carbonyl (C=O) groups is 1. The number of hydrogen-bond donors (Lipinski definition) is 1. The Kier molecular flexibility index (Phi) is 7.43. The zero-order valence-corrected chi connectivity index (χ0v) is 24.0. The summed E-state index contributed by atoms with van der Waals surface area (Å²) in [6.45, 7) is 2.37. The molecular weight excluding hydrogens is 559 g/mol. The number of hydrogen-bond acceptors (Lipinski definition) is 7. The molecule has 4 aromatic rings. The number of fused-ring (bicyclic) bond motifs is 1. The molecule has 0 radical (unpaired) electrons. The van der Waals surface area contributed by atoms with Crippen LogP contribution >= 0.6 is 0 Å². The number of benzene rings is 1. The summed E-state index contributed by atoms with van der Waals surface area (Å²) >= 11 is 0. The molecule has 1 saturated heterocycles. The van der Waals surface area contributed by atoms with E-state index in [1.54, 1.807) is 36.2 Å². The maximum atomic E-state index is 13.6. The summed E-state index contributed by atoms with van der Waals surface area (Å²) in [4.78, 5) is 30.8. The molecule has 0 atom stereocenters. The van der Waals surface area contributed by atoms with Gasteiger partial charge in [0, 0.05) is 67.7 Å². The quantitative estimate of drug-likeness (QED) is 0.344. The highest BCUT2D eigenvalue weighted by Crippen LogP contribution is 2.45. The molecule has 1 saturated carbocycles. The van der Waals surface area contributed by atoms with Gasteiger partial charge in [-0.3, -0.25) is 14.4 Å². The van der Waals surface area contributed by atoms with Crippen LogP contribution in [0, 0.1) is 11.3 Å². The number of amides is 1. The number of alkyl halides is 3. The van der Waals surface area contributed by atoms with Gasteiger partial charge < -0.3 is 14.8 Å². The molecule has 1 aliphatic carbocycles. The second-order valence-corrected chi connectivity index (χ2v) is 11.7. The van der Waals surface area contributed by atoms with Crippen molar-refractivity contribution in [3.05, 3.63) is 65.9 Å². The van der Waals surface area contributed by atoms with Gasteiger partial charge in [0.15, 0.2) is 0 Å². The molecule has 13 heteroatoms. The third-order valence-corrected chi connectivity index (χ3v) is 8.52. The van der Waals surface area contributed by atoms with Crippen molar-refractivity contribution in [1.29, 1.82) is 5.26 Å². The zero-order valence-electron chi connectivity index (χ0n) is 24.0. The van der Waals surface area contributed by atoms with E-state index in [0.717, 1.165) is 47.3 Å². The molecule has 224 valence electrons. The van der Waals surface area contributed by atoms with E-state index < -0.39 is 17.3 Å². The van der Waals surface area contributed by atoms with E-state index in [1.165, 1.54) is 6.33 Å². The second-order valence-electron chi connectivity index (χ2n) is 11.7. The van der Waals surface area contributed by atoms with E-state index in [1.807, 2.05) is 23.1 Å². The molecule has 1 N–H and O–H groups in total. The highest BCUT2D eigenvalue weighted by atomic mass is 19.4. The van der Waals surface area contributed by atoms with Gasteiger partial charge in [0.2, 0.25) is 0 Å². The number of nitrogens with one attached hydrogen (secondary N) is 1. The van der Waals surface area contributed by atoms with Crippen LogP contribution in [0.3, 0.4) is 0 Å². The average molecular weight is 592 g/mol. The summed E-state index contributed by atoms with van der Waals surface area (Å²) < 4.78 is 42.6. The monoisotopic (exact) mass is 591 g/mol. The first-order chi connectivity index (χ1) is 20.6. The minimum absolute atomic E-state index is 0.0619. The van der Waals surface area contributed by atoms with Gasteiger partial charge in [-0.25, -0.2) is 9.97 Å². The Labute approximate surface area is 246 Å². The number of rotatable bonds is 7. The minimum Gasteiger partial charge on any atom is -0.346 e. The van der Waals surface area contributed by atoms with Crippen molar-refractivity contribution in [2.24, 2.45) is 0 Å². The number of piperazine rings is 1. The molecule has 2 aliphatic rings. The van der Waals surface area contributed by atoms with Crippen LogP contribution < -0.4 is 0 Å². The molecule has 1 amide bonds. The lowest BCUT2D eigenvalue weighted by molar-refractivity contribution is -0.137. The third-order valence-electron chi connectivity index (χ3n) is 8.52. The summed E-state index contributed by atoms with van der Waals surface area (Å²) in [6.07, 6.45) is 4.29. The smallest absolute Gasteiger partial charge is 0.346 e. The summed E-state index contributed by atoms with van der Waals surface area (Å²) in [7, 11) is 3.55. The Hall–Kier alpha value is -4.28. The number of nitrogens with zero attached hydrogens (tertiary/aromatic N) is 8. The number of aromatic nitrogens is 5. The van der Waals surface area contributed by atoms with E-state index in [-0.39, 0.29) is 17.5 Å². The van der Waals surface area contributed by atoms with Crippen LogP contribution in [-0.2, 0) is 18.3 Å². The maximum absolute atomic E-state index is 13.6. The van der Waals surface area contributed by atoms with Gasteiger partial charge in [0.25, 0.3) is 5.91 Å². The predicted molar refractivity (Wildman–Crippen MR) is 153 cm³/mol. The van der Waals surface area contributed by atoms with Crippen LogP contribution in [0.1, 0.15) is 40.7 Å². The zero-order chi connectivity index (χ0) is 30.4. The van der Waals surface area contributed by atoms with E-state index in [0.29, 0.717) is 44.7 Å². The normalized spacial score (nSPS) is 21.2. The van der Waals surface area contributed by atoms with Gasteiger partial charge >= 0.3 is 6.18 Å². The van der Waals surface area contributed by atoms with Crippen LogP contribution in [0.5, 0.6) is 0 Å². The molecule has 3 aromatic heterocycles. The second kappa shape index (κ2) is 11.1. The van der Waals surface area contributed by atoms with Gasteiger partial charge in [-0.1, -0.05) is 0 Å². The van der Waals surface area contributed by atoms with Gasteiger partial charge in [-0.05, 0) is 56.8 Å². The summed E-state index contributed by atoms with van der Waals surface area (Å²) in [5.74, 6) is -0.386. The Morgan fingerprint density at radius 1 is 1.16 bits per heavy atom. The fourth-order valence-electron chi connectivity index (χ4n) is 6.35. The topological polar surface area (TPSA) is 110 Å². The number of nitriles is 1. The molecule has 0 spiro atoms. The first kappa shape index (κ1) is 28.8. The molecule has 1 aliphatic heterocycles. The molecule has 6 rings (SSSR count). The largest absolute Gasteiger partial charge is 0.416 e. The van der Waals surface area contributed by atoms with E-state index in [4.69, 9.17) is 0 Å². The van der Waals surface area contributed by atoms with Gasteiger partial charge in [0.05, 0.1) is 35.5 Å². The molecule has 4 heterocycles. The molecule has 43 heavy (non-hydrogen) atoms. The fourth-order valence-corrected chi connectivity index (χ4v) is 6.35. The Bertz CT molecular complexity index is 1670. The average Bonchev–Trinajstić information content (AvgIpc) is 3.64. The molecule has 1 aromatic carbocycles. The van der Waals surface area contributed by atoms with Crippen molar-refractivity contribution in [3.8, 4) is 17.3 Å². The number of H-pyrrole nitrogens is 1. The highest BCUT2D eigenvalue weighted by molar-refractivity contribution is 5.94. The third kappa shape index (κ3) is 5.60. The Balaban J connectivity index is 1.12. The SMILES string of the molecule is CN(C)Cc1cc(C(=O)N2CCN(C3CC(CC#N)(n4cc(-c5ncnc6[nH]ccc56)cn4)C3)CC2)cc(C(F)(F)F)c1. The van der Waals surface area contributed by atoms with Crippen LogP contribution in [0.25, 0.3) is 22.3 Å². The molecule has 0 bridgehead atoms. The van der Waals surface area contributed by atoms with Crippen LogP contribution in [-0.4, -0.2) is 91.7 Å².